The molecular weight excluding hydrogens is 386 g/mol. The fourth-order valence-corrected chi connectivity index (χ4v) is 2.78. The van der Waals surface area contributed by atoms with E-state index < -0.39 is 5.97 Å². The van der Waals surface area contributed by atoms with Gasteiger partial charge < -0.3 is 14.6 Å². The summed E-state index contributed by atoms with van der Waals surface area (Å²) in [6, 6.07) is 11.2. The van der Waals surface area contributed by atoms with Gasteiger partial charge in [0.05, 0.1) is 5.69 Å². The van der Waals surface area contributed by atoms with Crippen molar-refractivity contribution in [1.82, 2.24) is 4.98 Å². The molecule has 0 aliphatic rings. The van der Waals surface area contributed by atoms with Crippen molar-refractivity contribution in [2.75, 3.05) is 6.61 Å². The topological polar surface area (TPSA) is 68.7 Å². The Morgan fingerprint density at radius 2 is 2.12 bits per heavy atom. The molecule has 1 atom stereocenters. The number of aliphatic carboxylic acids is 1. The molecule has 2 rings (SSSR count). The number of aryl methyl sites for hydroxylation is 1. The number of halogens is 1. The van der Waals surface area contributed by atoms with Crippen LogP contribution in [0.4, 0.5) is 0 Å². The third-order valence-corrected chi connectivity index (χ3v) is 4.10. The molecule has 1 aromatic carbocycles. The van der Waals surface area contributed by atoms with Gasteiger partial charge in [-0.05, 0) is 71.6 Å². The first kappa shape index (κ1) is 19.2. The number of ether oxygens (including phenoxy) is 2. The minimum absolute atomic E-state index is 0.136. The molecule has 1 aromatic heterocycles. The Bertz CT molecular complexity index is 720. The van der Waals surface area contributed by atoms with Crippen LogP contribution in [-0.4, -0.2) is 22.7 Å². The molecular formula is C19H22BrNO4. The quantitative estimate of drug-likeness (QED) is 0.596. The van der Waals surface area contributed by atoms with Gasteiger partial charge in [0.2, 0.25) is 0 Å². The number of hydrogen-bond acceptors (Lipinski definition) is 4. The zero-order chi connectivity index (χ0) is 18.2. The Labute approximate surface area is 156 Å². The van der Waals surface area contributed by atoms with Gasteiger partial charge in [-0.15, -0.1) is 0 Å². The van der Waals surface area contributed by atoms with Crippen molar-refractivity contribution in [2.24, 2.45) is 0 Å². The van der Waals surface area contributed by atoms with Crippen molar-refractivity contribution >= 4 is 21.9 Å². The van der Waals surface area contributed by atoms with Crippen LogP contribution in [0.2, 0.25) is 0 Å². The predicted molar refractivity (Wildman–Crippen MR) is 99.1 cm³/mol. The maximum atomic E-state index is 10.6. The second-order valence-corrected chi connectivity index (χ2v) is 6.56. The summed E-state index contributed by atoms with van der Waals surface area (Å²) in [5, 5.41) is 8.71. The van der Waals surface area contributed by atoms with E-state index in [1.807, 2.05) is 31.2 Å². The van der Waals surface area contributed by atoms with E-state index in [0.29, 0.717) is 11.5 Å². The molecule has 6 heteroatoms. The van der Waals surface area contributed by atoms with E-state index >= 15 is 0 Å². The molecule has 0 aliphatic carbocycles. The van der Waals surface area contributed by atoms with Gasteiger partial charge in [-0.25, -0.2) is 9.78 Å². The summed E-state index contributed by atoms with van der Waals surface area (Å²) >= 11 is 3.40. The van der Waals surface area contributed by atoms with Gasteiger partial charge in [0.25, 0.3) is 0 Å². The fraction of sp³-hybridized carbons (Fsp3) is 0.368. The molecule has 0 fully saturated rings. The second-order valence-electron chi connectivity index (χ2n) is 5.74. The first-order valence-electron chi connectivity index (χ1n) is 8.24. The van der Waals surface area contributed by atoms with Crippen molar-refractivity contribution in [3.8, 4) is 11.5 Å². The zero-order valence-electron chi connectivity index (χ0n) is 14.4. The van der Waals surface area contributed by atoms with Crippen LogP contribution in [0.15, 0.2) is 41.0 Å². The normalized spacial score (nSPS) is 11.8. The minimum atomic E-state index is -1.000. The highest BCUT2D eigenvalue weighted by Gasteiger charge is 2.16. The standard InChI is InChI=1S/C19H22BrNO4/c1-3-4-7-17(15-6-5-8-18(20)21-15)25-14-9-10-16(13(2)11-14)24-12-19(22)23/h5-6,8-11,17H,3-4,7,12H2,1-2H3,(H,22,23)/t17-/m1/s1. The van der Waals surface area contributed by atoms with Gasteiger partial charge >= 0.3 is 5.97 Å². The van der Waals surface area contributed by atoms with E-state index in [9.17, 15) is 4.79 Å². The Morgan fingerprint density at radius 3 is 2.76 bits per heavy atom. The molecule has 0 saturated heterocycles. The summed E-state index contributed by atoms with van der Waals surface area (Å²) in [5.41, 5.74) is 1.71. The van der Waals surface area contributed by atoms with E-state index in [2.05, 4.69) is 27.8 Å². The van der Waals surface area contributed by atoms with Gasteiger partial charge in [-0.1, -0.05) is 19.4 Å². The van der Waals surface area contributed by atoms with Crippen LogP contribution in [0.25, 0.3) is 0 Å². The van der Waals surface area contributed by atoms with Crippen LogP contribution in [0.3, 0.4) is 0 Å². The van der Waals surface area contributed by atoms with Crippen molar-refractivity contribution in [2.45, 2.75) is 39.2 Å². The molecule has 1 N–H and O–H groups in total. The van der Waals surface area contributed by atoms with Crippen LogP contribution < -0.4 is 9.47 Å². The lowest BCUT2D eigenvalue weighted by atomic mass is 10.1. The summed E-state index contributed by atoms with van der Waals surface area (Å²) in [7, 11) is 0. The average Bonchev–Trinajstić information content (AvgIpc) is 2.57. The minimum Gasteiger partial charge on any atom is -0.484 e. The predicted octanol–water partition coefficient (Wildman–Crippen LogP) is 4.93. The first-order valence-corrected chi connectivity index (χ1v) is 9.03. The summed E-state index contributed by atoms with van der Waals surface area (Å²) in [6.45, 7) is 3.65. The lowest BCUT2D eigenvalue weighted by Crippen LogP contribution is -2.11. The lowest BCUT2D eigenvalue weighted by Gasteiger charge is -2.19. The zero-order valence-corrected chi connectivity index (χ0v) is 16.0. The summed E-state index contributed by atoms with van der Waals surface area (Å²) < 4.78 is 12.2. The molecule has 5 nitrogen and oxygen atoms in total. The fourth-order valence-electron chi connectivity index (χ4n) is 2.42. The largest absolute Gasteiger partial charge is 0.484 e. The van der Waals surface area contributed by atoms with E-state index in [0.717, 1.165) is 35.1 Å². The SMILES string of the molecule is CCCC[C@@H](Oc1ccc(OCC(=O)O)c(C)c1)c1cccc(Br)n1. The third-order valence-electron chi connectivity index (χ3n) is 3.66. The highest BCUT2D eigenvalue weighted by molar-refractivity contribution is 9.10. The average molecular weight is 408 g/mol. The van der Waals surface area contributed by atoms with E-state index in [1.54, 1.807) is 12.1 Å². The van der Waals surface area contributed by atoms with Crippen LogP contribution in [0.5, 0.6) is 11.5 Å². The highest BCUT2D eigenvalue weighted by Crippen LogP contribution is 2.29. The molecule has 25 heavy (non-hydrogen) atoms. The van der Waals surface area contributed by atoms with E-state index in [-0.39, 0.29) is 12.7 Å². The molecule has 1 heterocycles. The van der Waals surface area contributed by atoms with Crippen LogP contribution in [0, 0.1) is 6.92 Å². The second kappa shape index (κ2) is 9.42. The van der Waals surface area contributed by atoms with Gasteiger partial charge in [-0.2, -0.15) is 0 Å². The number of rotatable bonds is 9. The van der Waals surface area contributed by atoms with Crippen LogP contribution in [-0.2, 0) is 4.79 Å². The molecule has 0 radical (unpaired) electrons. The van der Waals surface area contributed by atoms with Gasteiger partial charge in [0, 0.05) is 0 Å². The molecule has 0 aliphatic heterocycles. The number of pyridine rings is 1. The number of carboxylic acids is 1. The summed E-state index contributed by atoms with van der Waals surface area (Å²) in [4.78, 5) is 15.1. The van der Waals surface area contributed by atoms with E-state index in [4.69, 9.17) is 14.6 Å². The number of benzene rings is 1. The van der Waals surface area contributed by atoms with Crippen LogP contribution >= 0.6 is 15.9 Å². The van der Waals surface area contributed by atoms with Gasteiger partial charge in [-0.3, -0.25) is 0 Å². The van der Waals surface area contributed by atoms with E-state index in [1.165, 1.54) is 0 Å². The number of hydrogen-bond donors (Lipinski definition) is 1. The lowest BCUT2D eigenvalue weighted by molar-refractivity contribution is -0.139. The number of carbonyl (C=O) groups is 1. The number of unbranched alkanes of at least 4 members (excludes halogenated alkanes) is 1. The number of carboxylic acid groups (broad SMARTS) is 1. The summed E-state index contributed by atoms with van der Waals surface area (Å²) in [5.74, 6) is 0.253. The van der Waals surface area contributed by atoms with Gasteiger partial charge in [0.15, 0.2) is 6.61 Å². The number of nitrogens with zero attached hydrogens (tertiary/aromatic N) is 1. The Hall–Kier alpha value is -2.08. The van der Waals surface area contributed by atoms with Crippen molar-refractivity contribution < 1.29 is 19.4 Å². The molecule has 0 unspecified atom stereocenters. The Balaban J connectivity index is 2.15. The highest BCUT2D eigenvalue weighted by atomic mass is 79.9. The smallest absolute Gasteiger partial charge is 0.341 e. The molecule has 0 amide bonds. The Kier molecular flexibility index (Phi) is 7.25. The first-order chi connectivity index (χ1) is 12.0. The molecule has 0 spiro atoms. The molecule has 0 bridgehead atoms. The monoisotopic (exact) mass is 407 g/mol. The van der Waals surface area contributed by atoms with Crippen LogP contribution in [0.1, 0.15) is 43.5 Å². The molecule has 0 saturated carbocycles. The summed E-state index contributed by atoms with van der Waals surface area (Å²) in [6.07, 6.45) is 2.85. The molecule has 2 aromatic rings. The number of aromatic nitrogens is 1. The van der Waals surface area contributed by atoms with Crippen molar-refractivity contribution in [1.29, 1.82) is 0 Å². The molecule has 134 valence electrons. The van der Waals surface area contributed by atoms with Gasteiger partial charge in [0.1, 0.15) is 22.2 Å². The maximum absolute atomic E-state index is 10.6. The third kappa shape index (κ3) is 6.05. The van der Waals surface area contributed by atoms with Crippen molar-refractivity contribution in [3.63, 3.8) is 0 Å². The van der Waals surface area contributed by atoms with Crippen molar-refractivity contribution in [3.05, 3.63) is 52.3 Å². The maximum Gasteiger partial charge on any atom is 0.341 e. The Morgan fingerprint density at radius 1 is 1.32 bits per heavy atom.